The number of benzene rings is 1. The van der Waals surface area contributed by atoms with E-state index in [1.165, 1.54) is 16.7 Å². The van der Waals surface area contributed by atoms with E-state index in [0.29, 0.717) is 12.5 Å². The van der Waals surface area contributed by atoms with Crippen molar-refractivity contribution in [3.05, 3.63) is 51.7 Å². The fraction of sp³-hybridized carbons (Fsp3) is 0.412. The lowest BCUT2D eigenvalue weighted by molar-refractivity contribution is 0.302. The maximum Gasteiger partial charge on any atom is 0.124 e. The predicted molar refractivity (Wildman–Crippen MR) is 86.4 cm³/mol. The van der Waals surface area contributed by atoms with Crippen LogP contribution in [-0.2, 0) is 13.2 Å². The molecule has 0 saturated carbocycles. The summed E-state index contributed by atoms with van der Waals surface area (Å²) in [5, 5.41) is 7.70. The third kappa shape index (κ3) is 4.66. The molecule has 0 aliphatic rings. The number of hydrogen-bond donors (Lipinski definition) is 1. The summed E-state index contributed by atoms with van der Waals surface area (Å²) in [4.78, 5) is 0. The van der Waals surface area contributed by atoms with Crippen LogP contribution in [0.5, 0.6) is 5.75 Å². The Kier molecular flexibility index (Phi) is 5.62. The Labute approximate surface area is 125 Å². The van der Waals surface area contributed by atoms with E-state index in [1.54, 1.807) is 11.3 Å². The van der Waals surface area contributed by atoms with Crippen molar-refractivity contribution in [2.75, 3.05) is 6.54 Å². The van der Waals surface area contributed by atoms with Crippen LogP contribution in [0.25, 0.3) is 0 Å². The Morgan fingerprint density at radius 1 is 1.25 bits per heavy atom. The van der Waals surface area contributed by atoms with Gasteiger partial charge in [0.2, 0.25) is 0 Å². The molecule has 1 aromatic carbocycles. The predicted octanol–water partition coefficient (Wildman–Crippen LogP) is 4.38. The molecule has 0 spiro atoms. The number of rotatable bonds is 7. The van der Waals surface area contributed by atoms with Gasteiger partial charge in [0.25, 0.3) is 0 Å². The van der Waals surface area contributed by atoms with Gasteiger partial charge in [0.15, 0.2) is 0 Å². The quantitative estimate of drug-likeness (QED) is 0.816. The fourth-order valence-electron chi connectivity index (χ4n) is 2.02. The van der Waals surface area contributed by atoms with Crippen molar-refractivity contribution < 1.29 is 4.74 Å². The highest BCUT2D eigenvalue weighted by Gasteiger charge is 2.05. The van der Waals surface area contributed by atoms with Crippen molar-refractivity contribution in [1.29, 1.82) is 0 Å². The van der Waals surface area contributed by atoms with Gasteiger partial charge in [0.05, 0.1) is 0 Å². The van der Waals surface area contributed by atoms with Crippen LogP contribution in [0.1, 0.15) is 30.5 Å². The van der Waals surface area contributed by atoms with Crippen LogP contribution in [0, 0.1) is 12.8 Å². The molecule has 0 aliphatic carbocycles. The first-order valence-corrected chi connectivity index (χ1v) is 8.03. The summed E-state index contributed by atoms with van der Waals surface area (Å²) >= 11 is 1.71. The van der Waals surface area contributed by atoms with Gasteiger partial charge >= 0.3 is 0 Å². The molecule has 2 rings (SSSR count). The highest BCUT2D eigenvalue weighted by atomic mass is 32.1. The minimum Gasteiger partial charge on any atom is -0.489 e. The van der Waals surface area contributed by atoms with E-state index in [4.69, 9.17) is 4.74 Å². The third-order valence-corrected chi connectivity index (χ3v) is 3.79. The largest absolute Gasteiger partial charge is 0.489 e. The summed E-state index contributed by atoms with van der Waals surface area (Å²) in [5.41, 5.74) is 3.74. The van der Waals surface area contributed by atoms with Crippen LogP contribution >= 0.6 is 11.3 Å². The minimum absolute atomic E-state index is 0.643. The first-order valence-electron chi connectivity index (χ1n) is 7.09. The molecular weight excluding hydrogens is 266 g/mol. The Morgan fingerprint density at radius 3 is 2.80 bits per heavy atom. The molecule has 20 heavy (non-hydrogen) atoms. The summed E-state index contributed by atoms with van der Waals surface area (Å²) in [6.07, 6.45) is 0. The summed E-state index contributed by atoms with van der Waals surface area (Å²) < 4.78 is 5.96. The lowest BCUT2D eigenvalue weighted by Gasteiger charge is -2.13. The number of nitrogens with one attached hydrogen (secondary N) is 1. The monoisotopic (exact) mass is 289 g/mol. The van der Waals surface area contributed by atoms with Crippen LogP contribution in [0.4, 0.5) is 0 Å². The van der Waals surface area contributed by atoms with Gasteiger partial charge in [0.1, 0.15) is 12.4 Å². The number of aryl methyl sites for hydroxylation is 1. The van der Waals surface area contributed by atoms with Gasteiger partial charge in [0, 0.05) is 12.1 Å². The normalized spacial score (nSPS) is 11.0. The molecule has 0 unspecified atom stereocenters. The van der Waals surface area contributed by atoms with Crippen LogP contribution in [0.2, 0.25) is 0 Å². The fourth-order valence-corrected chi connectivity index (χ4v) is 2.67. The summed E-state index contributed by atoms with van der Waals surface area (Å²) in [7, 11) is 0. The van der Waals surface area contributed by atoms with Crippen molar-refractivity contribution in [1.82, 2.24) is 5.32 Å². The second-order valence-corrected chi connectivity index (χ2v) is 6.34. The molecule has 0 bridgehead atoms. The summed E-state index contributed by atoms with van der Waals surface area (Å²) in [5.74, 6) is 1.65. The highest BCUT2D eigenvalue weighted by molar-refractivity contribution is 7.07. The third-order valence-electron chi connectivity index (χ3n) is 3.06. The average molecular weight is 289 g/mol. The van der Waals surface area contributed by atoms with Gasteiger partial charge in [-0.1, -0.05) is 31.5 Å². The number of thiophene rings is 1. The Morgan fingerprint density at radius 2 is 2.10 bits per heavy atom. The first kappa shape index (κ1) is 15.1. The van der Waals surface area contributed by atoms with Crippen LogP contribution in [0.15, 0.2) is 35.0 Å². The van der Waals surface area contributed by atoms with E-state index in [2.05, 4.69) is 61.1 Å². The molecule has 0 atom stereocenters. The lowest BCUT2D eigenvalue weighted by Crippen LogP contribution is -2.19. The summed E-state index contributed by atoms with van der Waals surface area (Å²) in [6, 6.07) is 8.49. The van der Waals surface area contributed by atoms with Gasteiger partial charge in [-0.3, -0.25) is 0 Å². The zero-order chi connectivity index (χ0) is 14.4. The van der Waals surface area contributed by atoms with E-state index in [1.807, 2.05) is 0 Å². The van der Waals surface area contributed by atoms with Crippen molar-refractivity contribution >= 4 is 11.3 Å². The SMILES string of the molecule is Cc1ccc(OCc2ccsc2)c(CNCC(C)C)c1. The van der Waals surface area contributed by atoms with Gasteiger partial charge in [-0.25, -0.2) is 0 Å². The highest BCUT2D eigenvalue weighted by Crippen LogP contribution is 2.21. The van der Waals surface area contributed by atoms with Crippen molar-refractivity contribution in [2.24, 2.45) is 5.92 Å². The van der Waals surface area contributed by atoms with E-state index in [0.717, 1.165) is 18.8 Å². The second-order valence-electron chi connectivity index (χ2n) is 5.56. The van der Waals surface area contributed by atoms with E-state index in [9.17, 15) is 0 Å². The van der Waals surface area contributed by atoms with Crippen molar-refractivity contribution in [3.8, 4) is 5.75 Å². The van der Waals surface area contributed by atoms with E-state index >= 15 is 0 Å². The standard InChI is InChI=1S/C17H23NOS/c1-13(2)9-18-10-16-8-14(3)4-5-17(16)19-11-15-6-7-20-12-15/h4-8,12-13,18H,9-11H2,1-3H3. The molecule has 3 heteroatoms. The molecule has 1 heterocycles. The molecule has 1 aromatic heterocycles. The Hall–Kier alpha value is -1.32. The van der Waals surface area contributed by atoms with Gasteiger partial charge in [-0.2, -0.15) is 11.3 Å². The molecule has 0 radical (unpaired) electrons. The van der Waals surface area contributed by atoms with E-state index in [-0.39, 0.29) is 0 Å². The molecule has 0 saturated heterocycles. The topological polar surface area (TPSA) is 21.3 Å². The Bertz CT molecular complexity index is 520. The van der Waals surface area contributed by atoms with Crippen molar-refractivity contribution in [3.63, 3.8) is 0 Å². The zero-order valence-corrected chi connectivity index (χ0v) is 13.3. The van der Waals surface area contributed by atoms with Gasteiger partial charge < -0.3 is 10.1 Å². The average Bonchev–Trinajstić information content (AvgIpc) is 2.90. The van der Waals surface area contributed by atoms with Crippen molar-refractivity contribution in [2.45, 2.75) is 33.9 Å². The maximum atomic E-state index is 5.96. The van der Waals surface area contributed by atoms with E-state index < -0.39 is 0 Å². The van der Waals surface area contributed by atoms with Gasteiger partial charge in [-0.05, 0) is 47.8 Å². The summed E-state index contributed by atoms with van der Waals surface area (Å²) in [6.45, 7) is 9.09. The molecule has 2 nitrogen and oxygen atoms in total. The van der Waals surface area contributed by atoms with Crippen LogP contribution in [-0.4, -0.2) is 6.54 Å². The van der Waals surface area contributed by atoms with Gasteiger partial charge in [-0.15, -0.1) is 0 Å². The second kappa shape index (κ2) is 7.46. The Balaban J connectivity index is 1.99. The molecule has 2 aromatic rings. The maximum absolute atomic E-state index is 5.96. The lowest BCUT2D eigenvalue weighted by atomic mass is 10.1. The smallest absolute Gasteiger partial charge is 0.124 e. The molecule has 0 amide bonds. The molecule has 108 valence electrons. The molecule has 0 aliphatic heterocycles. The number of ether oxygens (including phenoxy) is 1. The molecule has 0 fully saturated rings. The molecule has 1 N–H and O–H groups in total. The molecular formula is C17H23NOS. The van der Waals surface area contributed by atoms with Crippen LogP contribution < -0.4 is 10.1 Å². The number of hydrogen-bond acceptors (Lipinski definition) is 3. The first-order chi connectivity index (χ1) is 9.65. The van der Waals surface area contributed by atoms with Crippen LogP contribution in [0.3, 0.4) is 0 Å². The zero-order valence-electron chi connectivity index (χ0n) is 12.5. The minimum atomic E-state index is 0.643.